The lowest BCUT2D eigenvalue weighted by molar-refractivity contribution is 0.418. The van der Waals surface area contributed by atoms with Crippen LogP contribution in [0.5, 0.6) is 5.75 Å². The number of fused-ring (bicyclic) bond motifs is 1. The molecule has 0 unspecified atom stereocenters. The van der Waals surface area contributed by atoms with Crippen LogP contribution in [0.25, 0.3) is 11.0 Å². The first kappa shape index (κ1) is 18.5. The number of halogens is 1. The zero-order chi connectivity index (χ0) is 19.7. The second kappa shape index (κ2) is 7.28. The topological polar surface area (TPSA) is 99.2 Å². The highest BCUT2D eigenvalue weighted by atomic mass is 79.9. The maximum Gasteiger partial charge on any atom is 0.263 e. The monoisotopic (exact) mass is 462 g/mol. The van der Waals surface area contributed by atoms with E-state index in [-0.39, 0.29) is 10.7 Å². The lowest BCUT2D eigenvalue weighted by atomic mass is 10.1. The minimum absolute atomic E-state index is 0.0671. The number of nitrogens with zero attached hydrogens (tertiary/aromatic N) is 3. The number of anilines is 1. The predicted molar refractivity (Wildman–Crippen MR) is 107 cm³/mol. The largest absolute Gasteiger partial charge is 0.496 e. The summed E-state index contributed by atoms with van der Waals surface area (Å²) in [6.45, 7) is 0.513. The van der Waals surface area contributed by atoms with Gasteiger partial charge in [0, 0.05) is 16.9 Å². The Hall–Kier alpha value is -2.85. The van der Waals surface area contributed by atoms with E-state index in [2.05, 4.69) is 30.9 Å². The SMILES string of the molecule is COc1cc(Cn2cccn2)cc2onc(NS(=O)(=O)c3cccc(Br)c3)c12. The Morgan fingerprint density at radius 3 is 2.82 bits per heavy atom. The molecule has 0 spiro atoms. The smallest absolute Gasteiger partial charge is 0.263 e. The summed E-state index contributed by atoms with van der Waals surface area (Å²) in [7, 11) is -2.34. The van der Waals surface area contributed by atoms with Gasteiger partial charge in [-0.25, -0.2) is 8.42 Å². The number of ether oxygens (including phenoxy) is 1. The minimum Gasteiger partial charge on any atom is -0.496 e. The first-order chi connectivity index (χ1) is 13.5. The molecule has 2 heterocycles. The fraction of sp³-hybridized carbons (Fsp3) is 0.111. The van der Waals surface area contributed by atoms with Crippen molar-refractivity contribution in [2.75, 3.05) is 11.8 Å². The number of methoxy groups -OCH3 is 1. The van der Waals surface area contributed by atoms with Crippen molar-refractivity contribution < 1.29 is 17.7 Å². The molecule has 28 heavy (non-hydrogen) atoms. The van der Waals surface area contributed by atoms with Crippen LogP contribution in [-0.4, -0.2) is 30.5 Å². The summed E-state index contributed by atoms with van der Waals surface area (Å²) >= 11 is 3.27. The van der Waals surface area contributed by atoms with Gasteiger partial charge in [0.2, 0.25) is 0 Å². The van der Waals surface area contributed by atoms with Crippen molar-refractivity contribution in [1.29, 1.82) is 0 Å². The van der Waals surface area contributed by atoms with Crippen LogP contribution in [0.15, 0.2) is 68.7 Å². The number of hydrogen-bond acceptors (Lipinski definition) is 6. The van der Waals surface area contributed by atoms with E-state index in [1.807, 2.05) is 12.3 Å². The summed E-state index contributed by atoms with van der Waals surface area (Å²) in [4.78, 5) is 0.104. The van der Waals surface area contributed by atoms with Crippen molar-refractivity contribution in [1.82, 2.24) is 14.9 Å². The summed E-state index contributed by atoms with van der Waals surface area (Å²) in [6.07, 6.45) is 3.54. The number of aromatic nitrogens is 3. The van der Waals surface area contributed by atoms with E-state index in [1.165, 1.54) is 19.2 Å². The van der Waals surface area contributed by atoms with Gasteiger partial charge in [-0.15, -0.1) is 0 Å². The molecule has 0 saturated heterocycles. The quantitative estimate of drug-likeness (QED) is 0.469. The average molecular weight is 463 g/mol. The van der Waals surface area contributed by atoms with Crippen LogP contribution >= 0.6 is 15.9 Å². The second-order valence-corrected chi connectivity index (χ2v) is 8.57. The standard InChI is InChI=1S/C18H15BrN4O4S/c1-26-15-8-12(11-23-7-3-6-20-23)9-16-17(15)18(21-27-16)22-28(24,25)14-5-2-4-13(19)10-14/h2-10H,11H2,1H3,(H,21,22). The van der Waals surface area contributed by atoms with E-state index in [0.29, 0.717) is 27.7 Å². The van der Waals surface area contributed by atoms with Crippen molar-refractivity contribution in [3.63, 3.8) is 0 Å². The van der Waals surface area contributed by atoms with Crippen molar-refractivity contribution >= 4 is 42.7 Å². The van der Waals surface area contributed by atoms with E-state index in [0.717, 1.165) is 5.56 Å². The zero-order valence-corrected chi connectivity index (χ0v) is 17.1. The van der Waals surface area contributed by atoms with Gasteiger partial charge >= 0.3 is 0 Å². The summed E-state index contributed by atoms with van der Waals surface area (Å²) in [5, 5.41) is 8.52. The molecule has 8 nitrogen and oxygen atoms in total. The van der Waals surface area contributed by atoms with Gasteiger partial charge < -0.3 is 9.26 Å². The third kappa shape index (κ3) is 3.60. The normalized spacial score (nSPS) is 11.6. The summed E-state index contributed by atoms with van der Waals surface area (Å²) in [6, 6.07) is 11.8. The Balaban J connectivity index is 1.72. The second-order valence-electron chi connectivity index (χ2n) is 5.97. The van der Waals surface area contributed by atoms with E-state index in [1.54, 1.807) is 35.1 Å². The van der Waals surface area contributed by atoms with Crippen LogP contribution in [-0.2, 0) is 16.6 Å². The van der Waals surface area contributed by atoms with Crippen molar-refractivity contribution in [2.24, 2.45) is 0 Å². The van der Waals surface area contributed by atoms with Crippen LogP contribution in [0.3, 0.4) is 0 Å². The molecule has 0 amide bonds. The maximum absolute atomic E-state index is 12.7. The Bertz CT molecular complexity index is 1240. The molecule has 0 fully saturated rings. The van der Waals surface area contributed by atoms with E-state index in [4.69, 9.17) is 9.26 Å². The Morgan fingerprint density at radius 1 is 1.25 bits per heavy atom. The van der Waals surface area contributed by atoms with Crippen LogP contribution in [0.2, 0.25) is 0 Å². The first-order valence-corrected chi connectivity index (χ1v) is 10.5. The van der Waals surface area contributed by atoms with Gasteiger partial charge in [0.25, 0.3) is 10.0 Å². The lowest BCUT2D eigenvalue weighted by Crippen LogP contribution is -2.13. The molecule has 2 aromatic heterocycles. The molecule has 0 bridgehead atoms. The fourth-order valence-corrected chi connectivity index (χ4v) is 4.42. The molecule has 0 radical (unpaired) electrons. The van der Waals surface area contributed by atoms with Crippen LogP contribution in [0.4, 0.5) is 5.82 Å². The van der Waals surface area contributed by atoms with Gasteiger partial charge in [0.15, 0.2) is 11.4 Å². The molecule has 0 aliphatic heterocycles. The molecule has 0 saturated carbocycles. The molecule has 0 aliphatic rings. The Morgan fingerprint density at radius 2 is 2.11 bits per heavy atom. The van der Waals surface area contributed by atoms with Crippen LogP contribution in [0, 0.1) is 0 Å². The number of hydrogen-bond donors (Lipinski definition) is 1. The van der Waals surface area contributed by atoms with Gasteiger partial charge in [-0.1, -0.05) is 27.2 Å². The highest BCUT2D eigenvalue weighted by molar-refractivity contribution is 9.10. The fourth-order valence-electron chi connectivity index (χ4n) is 2.81. The highest BCUT2D eigenvalue weighted by Gasteiger charge is 2.22. The molecule has 2 aromatic carbocycles. The molecule has 10 heteroatoms. The lowest BCUT2D eigenvalue weighted by Gasteiger charge is -2.09. The molecule has 144 valence electrons. The molecule has 0 atom stereocenters. The number of benzene rings is 2. The Labute approximate surface area is 169 Å². The molecule has 1 N–H and O–H groups in total. The number of sulfonamides is 1. The number of rotatable bonds is 6. The third-order valence-corrected chi connectivity index (χ3v) is 5.89. The molecule has 4 rings (SSSR count). The van der Waals surface area contributed by atoms with Crippen molar-refractivity contribution in [3.8, 4) is 5.75 Å². The van der Waals surface area contributed by atoms with Gasteiger partial charge in [-0.2, -0.15) is 5.10 Å². The zero-order valence-electron chi connectivity index (χ0n) is 14.7. The third-order valence-electron chi connectivity index (χ3n) is 4.06. The van der Waals surface area contributed by atoms with Crippen LogP contribution < -0.4 is 9.46 Å². The highest BCUT2D eigenvalue weighted by Crippen LogP contribution is 2.35. The molecular formula is C18H15BrN4O4S. The van der Waals surface area contributed by atoms with Gasteiger partial charge in [0.1, 0.15) is 11.1 Å². The van der Waals surface area contributed by atoms with Gasteiger partial charge in [-0.3, -0.25) is 9.40 Å². The maximum atomic E-state index is 12.7. The van der Waals surface area contributed by atoms with E-state index in [9.17, 15) is 8.42 Å². The van der Waals surface area contributed by atoms with Crippen molar-refractivity contribution in [2.45, 2.75) is 11.4 Å². The summed E-state index contributed by atoms with van der Waals surface area (Å²) < 4.78 is 41.1. The minimum atomic E-state index is -3.85. The van der Waals surface area contributed by atoms with Crippen molar-refractivity contribution in [3.05, 3.63) is 64.9 Å². The van der Waals surface area contributed by atoms with E-state index >= 15 is 0 Å². The van der Waals surface area contributed by atoms with Gasteiger partial charge in [0.05, 0.1) is 18.6 Å². The predicted octanol–water partition coefficient (Wildman–Crippen LogP) is 3.64. The summed E-state index contributed by atoms with van der Waals surface area (Å²) in [5.41, 5.74) is 1.29. The average Bonchev–Trinajstić information content (AvgIpc) is 3.31. The van der Waals surface area contributed by atoms with E-state index < -0.39 is 10.0 Å². The Kier molecular flexibility index (Phi) is 4.82. The van der Waals surface area contributed by atoms with Gasteiger partial charge in [-0.05, 0) is 42.0 Å². The number of nitrogens with one attached hydrogen (secondary N) is 1. The molecule has 0 aliphatic carbocycles. The summed E-state index contributed by atoms with van der Waals surface area (Å²) in [5.74, 6) is 0.519. The first-order valence-electron chi connectivity index (χ1n) is 8.18. The molecule has 4 aromatic rings. The van der Waals surface area contributed by atoms with Crippen LogP contribution in [0.1, 0.15) is 5.56 Å². The molecular weight excluding hydrogens is 448 g/mol.